The van der Waals surface area contributed by atoms with Crippen LogP contribution in [0.5, 0.6) is 0 Å². The molecule has 100 valence electrons. The fraction of sp³-hybridized carbons (Fsp3) is 0.600. The molecular weight excluding hydrogens is 254 g/mol. The van der Waals surface area contributed by atoms with Gasteiger partial charge in [-0.15, -0.1) is 0 Å². The number of aryl methyl sites for hydroxylation is 1. The van der Waals surface area contributed by atoms with E-state index in [-0.39, 0.29) is 16.8 Å². The molecular formula is C10H17N5O2S. The molecule has 2 rings (SSSR count). The van der Waals surface area contributed by atoms with Crippen molar-refractivity contribution < 1.29 is 8.42 Å². The number of H-pyrrole nitrogens is 1. The van der Waals surface area contributed by atoms with E-state index >= 15 is 0 Å². The van der Waals surface area contributed by atoms with Gasteiger partial charge in [0.05, 0.1) is 12.2 Å². The molecule has 8 heteroatoms. The van der Waals surface area contributed by atoms with Crippen molar-refractivity contribution in [3.8, 4) is 0 Å². The van der Waals surface area contributed by atoms with E-state index in [2.05, 4.69) is 14.7 Å². The van der Waals surface area contributed by atoms with Crippen LogP contribution in [-0.4, -0.2) is 30.3 Å². The minimum absolute atomic E-state index is 0.0197. The van der Waals surface area contributed by atoms with E-state index in [1.807, 2.05) is 6.92 Å². The number of rotatable bonds is 6. The van der Waals surface area contributed by atoms with Crippen LogP contribution in [0, 0.1) is 11.3 Å². The Hall–Kier alpha value is -1.41. The van der Waals surface area contributed by atoms with Crippen LogP contribution >= 0.6 is 0 Å². The summed E-state index contributed by atoms with van der Waals surface area (Å²) in [6.07, 6.45) is 3.71. The minimum atomic E-state index is -3.69. The van der Waals surface area contributed by atoms with E-state index in [1.54, 1.807) is 0 Å². The Bertz CT molecular complexity index is 546. The maximum absolute atomic E-state index is 12.1. The number of aromatic nitrogens is 2. The minimum Gasteiger partial charge on any atom is -0.386 e. The molecule has 0 aliphatic heterocycles. The SMILES string of the molecule is CCc1ncc(S(=O)(=O)NC(C(=N)N)C2CC2)[nH]1. The van der Waals surface area contributed by atoms with Crippen LogP contribution in [0.15, 0.2) is 11.2 Å². The molecule has 0 saturated heterocycles. The molecule has 1 heterocycles. The van der Waals surface area contributed by atoms with E-state index in [9.17, 15) is 8.42 Å². The van der Waals surface area contributed by atoms with Gasteiger partial charge in [0.1, 0.15) is 11.7 Å². The summed E-state index contributed by atoms with van der Waals surface area (Å²) in [5, 5.41) is 7.45. The lowest BCUT2D eigenvalue weighted by atomic mass is 10.2. The molecule has 1 aromatic rings. The van der Waals surface area contributed by atoms with Crippen molar-refractivity contribution >= 4 is 15.9 Å². The molecule has 0 aromatic carbocycles. The van der Waals surface area contributed by atoms with Crippen molar-refractivity contribution in [2.45, 2.75) is 37.3 Å². The predicted octanol–water partition coefficient (Wildman–Crippen LogP) is -0.0350. The molecule has 1 unspecified atom stereocenters. The third kappa shape index (κ3) is 2.70. The monoisotopic (exact) mass is 271 g/mol. The Labute approximate surface area is 106 Å². The molecule has 1 atom stereocenters. The zero-order valence-electron chi connectivity index (χ0n) is 10.1. The average molecular weight is 271 g/mol. The number of sulfonamides is 1. The van der Waals surface area contributed by atoms with Crippen LogP contribution in [0.2, 0.25) is 0 Å². The van der Waals surface area contributed by atoms with Gasteiger partial charge in [-0.1, -0.05) is 6.92 Å². The molecule has 0 spiro atoms. The molecule has 1 aromatic heterocycles. The molecule has 7 nitrogen and oxygen atoms in total. The van der Waals surface area contributed by atoms with Crippen molar-refractivity contribution in [2.24, 2.45) is 11.7 Å². The van der Waals surface area contributed by atoms with Crippen molar-refractivity contribution in [1.82, 2.24) is 14.7 Å². The van der Waals surface area contributed by atoms with Gasteiger partial charge in [-0.3, -0.25) is 5.41 Å². The molecule has 0 radical (unpaired) electrons. The second kappa shape index (κ2) is 4.69. The van der Waals surface area contributed by atoms with Crippen molar-refractivity contribution in [3.05, 3.63) is 12.0 Å². The molecule has 18 heavy (non-hydrogen) atoms. The molecule has 0 amide bonds. The smallest absolute Gasteiger partial charge is 0.258 e. The zero-order valence-corrected chi connectivity index (χ0v) is 10.9. The molecule has 1 fully saturated rings. The topological polar surface area (TPSA) is 125 Å². The molecule has 0 bridgehead atoms. The summed E-state index contributed by atoms with van der Waals surface area (Å²) in [5.74, 6) is 0.614. The Morgan fingerprint density at radius 1 is 1.72 bits per heavy atom. The first-order valence-electron chi connectivity index (χ1n) is 5.84. The fourth-order valence-electron chi connectivity index (χ4n) is 1.73. The van der Waals surface area contributed by atoms with Crippen LogP contribution in [0.1, 0.15) is 25.6 Å². The van der Waals surface area contributed by atoms with E-state index in [0.717, 1.165) is 12.8 Å². The summed E-state index contributed by atoms with van der Waals surface area (Å²) in [5.41, 5.74) is 5.42. The lowest BCUT2D eigenvalue weighted by molar-refractivity contribution is 0.560. The van der Waals surface area contributed by atoms with E-state index in [0.29, 0.717) is 12.2 Å². The van der Waals surface area contributed by atoms with Crippen LogP contribution in [0.4, 0.5) is 0 Å². The van der Waals surface area contributed by atoms with E-state index < -0.39 is 16.1 Å². The number of nitrogens with zero attached hydrogens (tertiary/aromatic N) is 1. The van der Waals surface area contributed by atoms with Crippen molar-refractivity contribution in [3.63, 3.8) is 0 Å². The molecule has 1 aliphatic rings. The summed E-state index contributed by atoms with van der Waals surface area (Å²) in [4.78, 5) is 6.69. The lowest BCUT2D eigenvalue weighted by Gasteiger charge is -2.15. The van der Waals surface area contributed by atoms with Gasteiger partial charge in [-0.2, -0.15) is 4.72 Å². The Morgan fingerprint density at radius 2 is 2.39 bits per heavy atom. The van der Waals surface area contributed by atoms with E-state index in [1.165, 1.54) is 6.20 Å². The van der Waals surface area contributed by atoms with E-state index in [4.69, 9.17) is 11.1 Å². The molecule has 5 N–H and O–H groups in total. The summed E-state index contributed by atoms with van der Waals surface area (Å²) >= 11 is 0. The standard InChI is InChI=1S/C10H17N5O2S/c1-2-7-13-5-8(14-7)18(16,17)15-9(10(11)12)6-3-4-6/h5-6,9,15H,2-4H2,1H3,(H3,11,12)(H,13,14). The van der Waals surface area contributed by atoms with Gasteiger partial charge < -0.3 is 10.7 Å². The van der Waals surface area contributed by atoms with Crippen LogP contribution < -0.4 is 10.5 Å². The maximum Gasteiger partial charge on any atom is 0.258 e. The number of nitrogens with one attached hydrogen (secondary N) is 3. The van der Waals surface area contributed by atoms with Gasteiger partial charge in [0, 0.05) is 6.42 Å². The number of hydrogen-bond donors (Lipinski definition) is 4. The summed E-state index contributed by atoms with van der Waals surface area (Å²) in [6.45, 7) is 1.88. The summed E-state index contributed by atoms with van der Waals surface area (Å²) in [7, 11) is -3.69. The lowest BCUT2D eigenvalue weighted by Crippen LogP contribution is -2.45. The Morgan fingerprint density at radius 3 is 2.83 bits per heavy atom. The van der Waals surface area contributed by atoms with Crippen molar-refractivity contribution in [1.29, 1.82) is 5.41 Å². The van der Waals surface area contributed by atoms with Gasteiger partial charge in [0.2, 0.25) is 0 Å². The average Bonchev–Trinajstić information content (AvgIpc) is 3.01. The fourth-order valence-corrected chi connectivity index (χ4v) is 2.96. The number of amidine groups is 1. The highest BCUT2D eigenvalue weighted by atomic mass is 32.2. The van der Waals surface area contributed by atoms with Gasteiger partial charge >= 0.3 is 0 Å². The summed E-state index contributed by atoms with van der Waals surface area (Å²) in [6, 6.07) is -0.608. The Kier molecular flexibility index (Phi) is 3.40. The first-order chi connectivity index (χ1) is 8.44. The maximum atomic E-state index is 12.1. The highest BCUT2D eigenvalue weighted by Crippen LogP contribution is 2.33. The molecule has 1 saturated carbocycles. The number of nitrogens with two attached hydrogens (primary N) is 1. The highest BCUT2D eigenvalue weighted by molar-refractivity contribution is 7.89. The second-order valence-corrected chi connectivity index (χ2v) is 6.12. The zero-order chi connectivity index (χ0) is 13.3. The van der Waals surface area contributed by atoms with Gasteiger partial charge in [0.25, 0.3) is 10.0 Å². The Balaban J connectivity index is 2.17. The van der Waals surface area contributed by atoms with Crippen LogP contribution in [-0.2, 0) is 16.4 Å². The van der Waals surface area contributed by atoms with Gasteiger partial charge in [-0.05, 0) is 18.8 Å². The quantitative estimate of drug-likeness (QED) is 0.428. The first-order valence-corrected chi connectivity index (χ1v) is 7.32. The highest BCUT2D eigenvalue weighted by Gasteiger charge is 2.36. The van der Waals surface area contributed by atoms with Gasteiger partial charge in [-0.25, -0.2) is 13.4 Å². The van der Waals surface area contributed by atoms with Crippen molar-refractivity contribution in [2.75, 3.05) is 0 Å². The predicted molar refractivity (Wildman–Crippen MR) is 66.7 cm³/mol. The normalized spacial score (nSPS) is 17.6. The number of aromatic amines is 1. The number of hydrogen-bond acceptors (Lipinski definition) is 4. The third-order valence-corrected chi connectivity index (χ3v) is 4.29. The van der Waals surface area contributed by atoms with Crippen LogP contribution in [0.25, 0.3) is 0 Å². The first kappa shape index (κ1) is 13.0. The largest absolute Gasteiger partial charge is 0.386 e. The third-order valence-electron chi connectivity index (χ3n) is 2.94. The molecule has 1 aliphatic carbocycles. The summed E-state index contributed by atoms with van der Waals surface area (Å²) < 4.78 is 26.6. The van der Waals surface area contributed by atoms with Gasteiger partial charge in [0.15, 0.2) is 5.03 Å². The van der Waals surface area contributed by atoms with Crippen LogP contribution in [0.3, 0.4) is 0 Å². The second-order valence-electron chi connectivity index (χ2n) is 4.44. The number of imidazole rings is 1.